The molecule has 0 saturated heterocycles. The number of ether oxygens (including phenoxy) is 1. The first-order valence-corrected chi connectivity index (χ1v) is 5.29. The minimum atomic E-state index is 0.00822. The van der Waals surface area contributed by atoms with E-state index in [1.54, 1.807) is 6.07 Å². The van der Waals surface area contributed by atoms with E-state index in [2.05, 4.69) is 6.58 Å². The fourth-order valence-electron chi connectivity index (χ4n) is 1.68. The van der Waals surface area contributed by atoms with Gasteiger partial charge in [0.25, 0.3) is 0 Å². The van der Waals surface area contributed by atoms with Crippen molar-refractivity contribution in [2.24, 2.45) is 5.92 Å². The third kappa shape index (κ3) is 1.58. The van der Waals surface area contributed by atoms with Gasteiger partial charge >= 0.3 is 0 Å². The Morgan fingerprint density at radius 1 is 1.44 bits per heavy atom. The van der Waals surface area contributed by atoms with E-state index in [0.29, 0.717) is 5.88 Å². The van der Waals surface area contributed by atoms with E-state index >= 15 is 0 Å². The molecule has 1 aliphatic heterocycles. The van der Waals surface area contributed by atoms with Gasteiger partial charge in [0.05, 0.1) is 5.69 Å². The second-order valence-corrected chi connectivity index (χ2v) is 4.26. The van der Waals surface area contributed by atoms with Crippen LogP contribution >= 0.6 is 0 Å². The molecule has 3 heteroatoms. The number of hydrogen-bond acceptors (Lipinski definition) is 3. The lowest BCUT2D eigenvalue weighted by molar-refractivity contribution is 0.0939. The number of fused-ring (bicyclic) bond motifs is 1. The van der Waals surface area contributed by atoms with Crippen molar-refractivity contribution < 1.29 is 9.53 Å². The molecule has 16 heavy (non-hydrogen) atoms. The summed E-state index contributed by atoms with van der Waals surface area (Å²) in [6.45, 7) is 7.57. The summed E-state index contributed by atoms with van der Waals surface area (Å²) in [5.41, 5.74) is 1.62. The van der Waals surface area contributed by atoms with Crippen LogP contribution < -0.4 is 9.64 Å². The summed E-state index contributed by atoms with van der Waals surface area (Å²) in [4.78, 5) is 13.7. The molecule has 3 nitrogen and oxygen atoms in total. The second-order valence-electron chi connectivity index (χ2n) is 4.26. The maximum absolute atomic E-state index is 11.9. The molecule has 2 rings (SSSR count). The standard InChI is InChI=1S/C13H15NO2/c1-8(2)13(15)10-5-6-12-11(7-10)14(4)9(3)16-12/h5-8H,3H2,1-2,4H3. The highest BCUT2D eigenvalue weighted by atomic mass is 16.5. The van der Waals surface area contributed by atoms with Crippen LogP contribution in [0, 0.1) is 5.92 Å². The first-order chi connectivity index (χ1) is 7.50. The monoisotopic (exact) mass is 217 g/mol. The smallest absolute Gasteiger partial charge is 0.193 e. The Morgan fingerprint density at radius 3 is 2.75 bits per heavy atom. The van der Waals surface area contributed by atoms with Crippen molar-refractivity contribution in [1.29, 1.82) is 0 Å². The number of Topliss-reactive ketones (excluding diaryl/α,β-unsaturated/α-hetero) is 1. The van der Waals surface area contributed by atoms with Gasteiger partial charge in [0.2, 0.25) is 0 Å². The Morgan fingerprint density at radius 2 is 2.12 bits per heavy atom. The van der Waals surface area contributed by atoms with Crippen LogP contribution in [0.5, 0.6) is 5.75 Å². The molecule has 0 bridgehead atoms. The van der Waals surface area contributed by atoms with Crippen molar-refractivity contribution in [1.82, 2.24) is 0 Å². The van der Waals surface area contributed by atoms with Gasteiger partial charge in [-0.25, -0.2) is 0 Å². The third-order valence-electron chi connectivity index (χ3n) is 2.73. The van der Waals surface area contributed by atoms with Gasteiger partial charge in [-0.2, -0.15) is 0 Å². The van der Waals surface area contributed by atoms with E-state index in [0.717, 1.165) is 17.0 Å². The van der Waals surface area contributed by atoms with E-state index in [9.17, 15) is 4.79 Å². The van der Waals surface area contributed by atoms with Crippen molar-refractivity contribution in [3.8, 4) is 5.75 Å². The van der Waals surface area contributed by atoms with Crippen molar-refractivity contribution >= 4 is 11.5 Å². The van der Waals surface area contributed by atoms with Crippen LogP contribution in [0.15, 0.2) is 30.7 Å². The van der Waals surface area contributed by atoms with Crippen LogP contribution in [0.2, 0.25) is 0 Å². The summed E-state index contributed by atoms with van der Waals surface area (Å²) in [6.07, 6.45) is 0. The highest BCUT2D eigenvalue weighted by Gasteiger charge is 2.23. The molecule has 1 aliphatic rings. The predicted molar refractivity (Wildman–Crippen MR) is 63.8 cm³/mol. The van der Waals surface area contributed by atoms with E-state index in [1.807, 2.05) is 37.9 Å². The number of ketones is 1. The fourth-order valence-corrected chi connectivity index (χ4v) is 1.68. The van der Waals surface area contributed by atoms with E-state index in [4.69, 9.17) is 4.74 Å². The highest BCUT2D eigenvalue weighted by molar-refractivity contribution is 5.98. The number of nitrogens with zero attached hydrogens (tertiary/aromatic N) is 1. The van der Waals surface area contributed by atoms with Gasteiger partial charge in [-0.15, -0.1) is 0 Å². The summed E-state index contributed by atoms with van der Waals surface area (Å²) in [6, 6.07) is 5.48. The molecule has 1 heterocycles. The predicted octanol–water partition coefficient (Wildman–Crippen LogP) is 2.83. The lowest BCUT2D eigenvalue weighted by Gasteiger charge is -2.10. The van der Waals surface area contributed by atoms with Crippen LogP contribution in [-0.4, -0.2) is 12.8 Å². The molecular formula is C13H15NO2. The number of carbonyl (C=O) groups excluding carboxylic acids is 1. The van der Waals surface area contributed by atoms with Gasteiger partial charge in [-0.1, -0.05) is 13.8 Å². The molecule has 1 aromatic carbocycles. The lowest BCUT2D eigenvalue weighted by Crippen LogP contribution is -2.12. The number of carbonyl (C=O) groups is 1. The first-order valence-electron chi connectivity index (χ1n) is 5.29. The van der Waals surface area contributed by atoms with E-state index < -0.39 is 0 Å². The number of anilines is 1. The van der Waals surface area contributed by atoms with Crippen LogP contribution in [-0.2, 0) is 0 Å². The fraction of sp³-hybridized carbons (Fsp3) is 0.308. The topological polar surface area (TPSA) is 29.5 Å². The second kappa shape index (κ2) is 3.67. The van der Waals surface area contributed by atoms with Gasteiger partial charge in [0, 0.05) is 18.5 Å². The molecule has 0 radical (unpaired) electrons. The average molecular weight is 217 g/mol. The van der Waals surface area contributed by atoms with Crippen molar-refractivity contribution in [2.45, 2.75) is 13.8 Å². The molecule has 0 N–H and O–H groups in total. The van der Waals surface area contributed by atoms with Crippen molar-refractivity contribution in [3.05, 3.63) is 36.2 Å². The van der Waals surface area contributed by atoms with Crippen LogP contribution in [0.3, 0.4) is 0 Å². The maximum Gasteiger partial charge on any atom is 0.193 e. The summed E-state index contributed by atoms with van der Waals surface area (Å²) in [7, 11) is 1.87. The van der Waals surface area contributed by atoms with Gasteiger partial charge in [-0.05, 0) is 24.8 Å². The zero-order chi connectivity index (χ0) is 11.9. The zero-order valence-corrected chi connectivity index (χ0v) is 9.78. The Kier molecular flexibility index (Phi) is 2.46. The summed E-state index contributed by atoms with van der Waals surface area (Å²) < 4.78 is 5.43. The minimum absolute atomic E-state index is 0.00822. The van der Waals surface area contributed by atoms with E-state index in [1.165, 1.54) is 0 Å². The minimum Gasteiger partial charge on any atom is -0.439 e. The average Bonchev–Trinajstić information content (AvgIpc) is 2.53. The Labute approximate surface area is 95.3 Å². The number of benzene rings is 1. The molecule has 1 aromatic rings. The molecule has 0 aliphatic carbocycles. The summed E-state index contributed by atoms with van der Waals surface area (Å²) >= 11 is 0. The third-order valence-corrected chi connectivity index (χ3v) is 2.73. The van der Waals surface area contributed by atoms with Crippen LogP contribution in [0.1, 0.15) is 24.2 Å². The Bertz CT molecular complexity index is 463. The molecule has 84 valence electrons. The van der Waals surface area contributed by atoms with E-state index in [-0.39, 0.29) is 11.7 Å². The van der Waals surface area contributed by atoms with Crippen molar-refractivity contribution in [3.63, 3.8) is 0 Å². The number of rotatable bonds is 2. The largest absolute Gasteiger partial charge is 0.439 e. The summed E-state index contributed by atoms with van der Waals surface area (Å²) in [5, 5.41) is 0. The zero-order valence-electron chi connectivity index (χ0n) is 9.78. The van der Waals surface area contributed by atoms with Gasteiger partial charge in [-0.3, -0.25) is 4.79 Å². The SMILES string of the molecule is C=C1Oc2ccc(C(=O)C(C)C)cc2N1C. The van der Waals surface area contributed by atoms with Gasteiger partial charge in [0.15, 0.2) is 17.4 Å². The molecule has 0 unspecified atom stereocenters. The number of hydrogen-bond donors (Lipinski definition) is 0. The molecule has 0 saturated carbocycles. The maximum atomic E-state index is 11.9. The quantitative estimate of drug-likeness (QED) is 0.713. The lowest BCUT2D eigenvalue weighted by atomic mass is 10.0. The highest BCUT2D eigenvalue weighted by Crippen LogP contribution is 2.38. The Hall–Kier alpha value is -1.77. The van der Waals surface area contributed by atoms with Gasteiger partial charge in [0.1, 0.15) is 0 Å². The Balaban J connectivity index is 2.41. The molecule has 0 spiro atoms. The molecule has 0 atom stereocenters. The molecular weight excluding hydrogens is 202 g/mol. The normalized spacial score (nSPS) is 14.0. The molecule has 0 fully saturated rings. The molecule has 0 amide bonds. The molecule has 0 aromatic heterocycles. The first kappa shape index (κ1) is 10.7. The van der Waals surface area contributed by atoms with Crippen LogP contribution in [0.4, 0.5) is 5.69 Å². The summed E-state index contributed by atoms with van der Waals surface area (Å²) in [5.74, 6) is 1.50. The van der Waals surface area contributed by atoms with Gasteiger partial charge < -0.3 is 9.64 Å². The van der Waals surface area contributed by atoms with Crippen molar-refractivity contribution in [2.75, 3.05) is 11.9 Å². The van der Waals surface area contributed by atoms with Crippen LogP contribution in [0.25, 0.3) is 0 Å².